The minimum atomic E-state index is 0.480. The lowest BCUT2D eigenvalue weighted by Gasteiger charge is -2.22. The third kappa shape index (κ3) is 6.19. The molecule has 2 aromatic carbocycles. The van der Waals surface area contributed by atoms with Gasteiger partial charge >= 0.3 is 0 Å². The molecule has 0 unspecified atom stereocenters. The molecule has 0 fully saturated rings. The van der Waals surface area contributed by atoms with Crippen molar-refractivity contribution in [3.05, 3.63) is 77.7 Å². The van der Waals surface area contributed by atoms with Gasteiger partial charge in [0.25, 0.3) is 0 Å². The molecule has 0 aliphatic heterocycles. The maximum Gasteiger partial charge on any atom is 0.248 e. The number of para-hydroxylation sites is 1. The van der Waals surface area contributed by atoms with Gasteiger partial charge < -0.3 is 9.88 Å². The van der Waals surface area contributed by atoms with Crippen LogP contribution in [0.4, 0.5) is 11.9 Å². The molecule has 0 saturated heterocycles. The molecule has 0 bridgehead atoms. The molecular formula is C27H33N7. The minimum Gasteiger partial charge on any atom is -0.361 e. The van der Waals surface area contributed by atoms with Crippen molar-refractivity contribution in [2.45, 2.75) is 46.0 Å². The summed E-state index contributed by atoms with van der Waals surface area (Å²) in [7, 11) is 0. The lowest BCUT2D eigenvalue weighted by Crippen LogP contribution is -2.28. The highest BCUT2D eigenvalue weighted by Gasteiger charge is 2.13. The smallest absolute Gasteiger partial charge is 0.248 e. The summed E-state index contributed by atoms with van der Waals surface area (Å²) >= 11 is 0. The number of rotatable bonds is 12. The van der Waals surface area contributed by atoms with E-state index in [4.69, 9.17) is 4.98 Å². The van der Waals surface area contributed by atoms with Crippen LogP contribution in [0.5, 0.6) is 0 Å². The van der Waals surface area contributed by atoms with E-state index in [1.165, 1.54) is 5.56 Å². The maximum absolute atomic E-state index is 4.81. The van der Waals surface area contributed by atoms with Crippen LogP contribution >= 0.6 is 0 Å². The van der Waals surface area contributed by atoms with Gasteiger partial charge in [0.15, 0.2) is 0 Å². The van der Waals surface area contributed by atoms with Crippen molar-refractivity contribution in [1.82, 2.24) is 19.9 Å². The molecule has 2 N–H and O–H groups in total. The van der Waals surface area contributed by atoms with E-state index < -0.39 is 0 Å². The summed E-state index contributed by atoms with van der Waals surface area (Å²) < 4.78 is 0. The predicted octanol–water partition coefficient (Wildman–Crippen LogP) is 5.60. The molecule has 4 rings (SSSR count). The normalized spacial score (nSPS) is 11.4. The van der Waals surface area contributed by atoms with E-state index in [0.29, 0.717) is 5.95 Å². The number of nitrogens with one attached hydrogen (secondary N) is 2. The van der Waals surface area contributed by atoms with Crippen LogP contribution in [0.2, 0.25) is 0 Å². The van der Waals surface area contributed by atoms with Crippen LogP contribution in [0.25, 0.3) is 10.9 Å². The van der Waals surface area contributed by atoms with Crippen LogP contribution in [0.3, 0.4) is 0 Å². The van der Waals surface area contributed by atoms with E-state index in [-0.39, 0.29) is 0 Å². The number of nitrogens with zero attached hydrogens (tertiary/aromatic N) is 5. The summed E-state index contributed by atoms with van der Waals surface area (Å²) in [5, 5.41) is 5.56. The molecule has 34 heavy (non-hydrogen) atoms. The topological polar surface area (TPSA) is 82.1 Å². The molecule has 0 spiro atoms. The number of aromatic nitrogens is 4. The molecule has 7 heteroatoms. The monoisotopic (exact) mass is 455 g/mol. The first kappa shape index (κ1) is 23.4. The van der Waals surface area contributed by atoms with Gasteiger partial charge in [-0.2, -0.15) is 20.1 Å². The van der Waals surface area contributed by atoms with Gasteiger partial charge in [0, 0.05) is 42.2 Å². The molecule has 0 atom stereocenters. The van der Waals surface area contributed by atoms with E-state index in [9.17, 15) is 0 Å². The molecule has 0 saturated carbocycles. The molecule has 176 valence electrons. The van der Waals surface area contributed by atoms with E-state index in [1.54, 1.807) is 6.21 Å². The highest BCUT2D eigenvalue weighted by Crippen LogP contribution is 2.17. The van der Waals surface area contributed by atoms with Gasteiger partial charge in [-0.3, -0.25) is 0 Å². The number of anilines is 2. The Bertz CT molecular complexity index is 1190. The third-order valence-electron chi connectivity index (χ3n) is 5.64. The van der Waals surface area contributed by atoms with Gasteiger partial charge in [-0.1, -0.05) is 62.4 Å². The van der Waals surface area contributed by atoms with Gasteiger partial charge in [0.05, 0.1) is 6.21 Å². The number of aromatic amines is 1. The lowest BCUT2D eigenvalue weighted by atomic mass is 10.1. The molecule has 0 amide bonds. The fourth-order valence-electron chi connectivity index (χ4n) is 4.02. The zero-order valence-corrected chi connectivity index (χ0v) is 20.0. The first-order chi connectivity index (χ1) is 16.8. The second-order valence-corrected chi connectivity index (χ2v) is 8.36. The zero-order valence-electron chi connectivity index (χ0n) is 20.0. The largest absolute Gasteiger partial charge is 0.361 e. The van der Waals surface area contributed by atoms with Crippen molar-refractivity contribution in [3.63, 3.8) is 0 Å². The van der Waals surface area contributed by atoms with Crippen LogP contribution < -0.4 is 10.3 Å². The summed E-state index contributed by atoms with van der Waals surface area (Å²) in [6.07, 6.45) is 8.59. The first-order valence-corrected chi connectivity index (χ1v) is 12.2. The SMILES string of the molecule is CCCN(CCC)c1nc(CCCc2ccccc2)nc(N/N=C/c2c[nH]c3ccccc23)n1. The standard InChI is InChI=1S/C27H33N7/c1-3-17-34(18-4-2)27-31-25(16-10-13-21-11-6-5-7-12-21)30-26(32-27)33-29-20-22-19-28-24-15-9-8-14-23(22)24/h5-9,11-12,14-15,19-20,28H,3-4,10,13,16-18H2,1-2H3,(H,30,31,32,33)/b29-20+. The van der Waals surface area contributed by atoms with Crippen molar-refractivity contribution in [3.8, 4) is 0 Å². The number of H-pyrrole nitrogens is 1. The van der Waals surface area contributed by atoms with Gasteiger partial charge in [-0.15, -0.1) is 0 Å². The van der Waals surface area contributed by atoms with E-state index >= 15 is 0 Å². The fourth-order valence-corrected chi connectivity index (χ4v) is 4.02. The number of hydrogen-bond acceptors (Lipinski definition) is 6. The molecule has 4 aromatic rings. The van der Waals surface area contributed by atoms with Crippen LogP contribution in [-0.4, -0.2) is 39.2 Å². The number of fused-ring (bicyclic) bond motifs is 1. The molecule has 2 heterocycles. The maximum atomic E-state index is 4.81. The molecule has 0 aliphatic carbocycles. The molecule has 0 radical (unpaired) electrons. The highest BCUT2D eigenvalue weighted by molar-refractivity contribution is 5.99. The fraction of sp³-hybridized carbons (Fsp3) is 0.333. The van der Waals surface area contributed by atoms with E-state index in [0.717, 1.165) is 73.4 Å². The number of hydrazone groups is 1. The summed E-state index contributed by atoms with van der Waals surface area (Å²) in [5.41, 5.74) is 6.47. The second-order valence-electron chi connectivity index (χ2n) is 8.36. The summed E-state index contributed by atoms with van der Waals surface area (Å²) in [6.45, 7) is 6.18. The van der Waals surface area contributed by atoms with Crippen LogP contribution in [-0.2, 0) is 12.8 Å². The van der Waals surface area contributed by atoms with Crippen LogP contribution in [0, 0.1) is 0 Å². The van der Waals surface area contributed by atoms with Crippen LogP contribution in [0.15, 0.2) is 65.9 Å². The highest BCUT2D eigenvalue weighted by atomic mass is 15.4. The first-order valence-electron chi connectivity index (χ1n) is 12.2. The minimum absolute atomic E-state index is 0.480. The molecular weight excluding hydrogens is 422 g/mol. The number of benzene rings is 2. The average molecular weight is 456 g/mol. The Morgan fingerprint density at radius 2 is 1.68 bits per heavy atom. The second kappa shape index (κ2) is 11.9. The number of aryl methyl sites for hydroxylation is 2. The molecule has 7 nitrogen and oxygen atoms in total. The van der Waals surface area contributed by atoms with Crippen molar-refractivity contribution in [2.75, 3.05) is 23.4 Å². The van der Waals surface area contributed by atoms with Gasteiger partial charge in [-0.05, 0) is 37.3 Å². The quantitative estimate of drug-likeness (QED) is 0.215. The Morgan fingerprint density at radius 1 is 0.912 bits per heavy atom. The van der Waals surface area contributed by atoms with Crippen LogP contribution in [0.1, 0.15) is 50.1 Å². The summed E-state index contributed by atoms with van der Waals surface area (Å²) in [6, 6.07) is 18.7. The Balaban J connectivity index is 1.51. The van der Waals surface area contributed by atoms with Gasteiger partial charge in [-0.25, -0.2) is 5.43 Å². The van der Waals surface area contributed by atoms with E-state index in [2.05, 4.69) is 80.6 Å². The Morgan fingerprint density at radius 3 is 2.47 bits per heavy atom. The van der Waals surface area contributed by atoms with Crippen molar-refractivity contribution < 1.29 is 0 Å². The summed E-state index contributed by atoms with van der Waals surface area (Å²) in [4.78, 5) is 19.7. The molecule has 0 aliphatic rings. The van der Waals surface area contributed by atoms with Gasteiger partial charge in [0.2, 0.25) is 11.9 Å². The Kier molecular flexibility index (Phi) is 8.22. The summed E-state index contributed by atoms with van der Waals surface area (Å²) in [5.74, 6) is 1.99. The zero-order chi connectivity index (χ0) is 23.6. The number of hydrogen-bond donors (Lipinski definition) is 2. The van der Waals surface area contributed by atoms with E-state index in [1.807, 2.05) is 24.4 Å². The van der Waals surface area contributed by atoms with Crippen molar-refractivity contribution >= 4 is 29.0 Å². The molecule has 2 aromatic heterocycles. The average Bonchev–Trinajstić information content (AvgIpc) is 3.28. The lowest BCUT2D eigenvalue weighted by molar-refractivity contribution is 0.700. The third-order valence-corrected chi connectivity index (χ3v) is 5.64. The Labute approximate surface area is 201 Å². The predicted molar refractivity (Wildman–Crippen MR) is 141 cm³/mol. The Hall–Kier alpha value is -3.74. The van der Waals surface area contributed by atoms with Gasteiger partial charge in [0.1, 0.15) is 5.82 Å². The van der Waals surface area contributed by atoms with Crippen molar-refractivity contribution in [1.29, 1.82) is 0 Å². The van der Waals surface area contributed by atoms with Crippen molar-refractivity contribution in [2.24, 2.45) is 5.10 Å².